The maximum atomic E-state index is 11.3. The van der Waals surface area contributed by atoms with Gasteiger partial charge in [0, 0.05) is 0 Å². The van der Waals surface area contributed by atoms with Crippen molar-refractivity contribution in [3.8, 4) is 0 Å². The lowest BCUT2D eigenvalue weighted by atomic mass is 10.1. The van der Waals surface area contributed by atoms with Crippen LogP contribution in [0.15, 0.2) is 0 Å². The number of nitrogens with two attached hydrogens (primary N) is 5. The van der Waals surface area contributed by atoms with E-state index in [9.17, 15) is 28.8 Å². The van der Waals surface area contributed by atoms with Crippen molar-refractivity contribution in [3.05, 3.63) is 0 Å². The Labute approximate surface area is 147 Å². The molecule has 14 nitrogen and oxygen atoms in total. The molecule has 0 spiro atoms. The molecular formula is C12H22N6O8. The Balaban J connectivity index is 0. The van der Waals surface area contributed by atoms with Gasteiger partial charge in [0.05, 0.1) is 25.3 Å². The summed E-state index contributed by atoms with van der Waals surface area (Å²) in [5, 5.41) is 18.8. The first kappa shape index (κ1) is 25.0. The van der Waals surface area contributed by atoms with Crippen molar-refractivity contribution in [1.29, 1.82) is 0 Å². The van der Waals surface area contributed by atoms with E-state index in [4.69, 9.17) is 33.1 Å². The van der Waals surface area contributed by atoms with Crippen LogP contribution < -0.4 is 34.0 Å². The van der Waals surface area contributed by atoms with E-state index < -0.39 is 66.5 Å². The monoisotopic (exact) mass is 378 g/mol. The zero-order valence-corrected chi connectivity index (χ0v) is 13.6. The Hall–Kier alpha value is -3.26. The molecule has 0 aliphatic heterocycles. The Morgan fingerprint density at radius 1 is 0.692 bits per heavy atom. The summed E-state index contributed by atoms with van der Waals surface area (Å²) in [6.07, 6.45) is -1.30. The van der Waals surface area contributed by atoms with Gasteiger partial charge in [-0.2, -0.15) is 0 Å². The topological polar surface area (TPSA) is 285 Å². The van der Waals surface area contributed by atoms with Crippen LogP contribution in [0.2, 0.25) is 0 Å². The number of nitrogens with one attached hydrogen (secondary N) is 1. The first-order chi connectivity index (χ1) is 11.8. The number of carboxylic acids is 2. The predicted octanol–water partition coefficient (Wildman–Crippen LogP) is -5.09. The van der Waals surface area contributed by atoms with Crippen LogP contribution in [0.4, 0.5) is 0 Å². The molecule has 0 bridgehead atoms. The standard InChI is InChI=1S/C8H14N4O5.C4H8N2O3/c9-3(1-5(10)13)7(15)12-4(8(16)17)2-6(11)14;5-2(4(8)9)1-3(6)7/h3-4H,1-2,9H2,(H2,10,13)(H2,11,14)(H,12,15)(H,16,17);2H,1,5H2,(H2,6,7)(H,8,9)/t3-,4-;2-/m00/s1. The van der Waals surface area contributed by atoms with Gasteiger partial charge in [0.1, 0.15) is 12.1 Å². The SMILES string of the molecule is NC(=O)C[C@H](N)C(=O)O.NC(=O)C[C@H](NC(=O)[C@@H](N)CC(N)=O)C(=O)O. The lowest BCUT2D eigenvalue weighted by Gasteiger charge is -2.15. The molecule has 0 fully saturated rings. The zero-order chi connectivity index (χ0) is 21.0. The summed E-state index contributed by atoms with van der Waals surface area (Å²) in [6, 6.07) is -3.90. The molecule has 4 amide bonds. The van der Waals surface area contributed by atoms with Gasteiger partial charge in [-0.05, 0) is 0 Å². The number of carbonyl (C=O) groups excluding carboxylic acids is 4. The van der Waals surface area contributed by atoms with Crippen molar-refractivity contribution in [2.75, 3.05) is 0 Å². The van der Waals surface area contributed by atoms with Crippen LogP contribution in [-0.4, -0.2) is 63.9 Å². The molecule has 14 heteroatoms. The van der Waals surface area contributed by atoms with Gasteiger partial charge in [0.2, 0.25) is 23.6 Å². The van der Waals surface area contributed by atoms with E-state index in [1.54, 1.807) is 0 Å². The van der Waals surface area contributed by atoms with Gasteiger partial charge in [0.15, 0.2) is 0 Å². The highest BCUT2D eigenvalue weighted by molar-refractivity contribution is 5.92. The molecule has 26 heavy (non-hydrogen) atoms. The predicted molar refractivity (Wildman–Crippen MR) is 84.6 cm³/mol. The molecule has 0 saturated carbocycles. The van der Waals surface area contributed by atoms with Crippen LogP contribution in [-0.2, 0) is 28.8 Å². The Bertz CT molecular complexity index is 566. The van der Waals surface area contributed by atoms with Crippen LogP contribution in [0.5, 0.6) is 0 Å². The fourth-order valence-corrected chi connectivity index (χ4v) is 1.29. The average Bonchev–Trinajstić information content (AvgIpc) is 2.44. The normalized spacial score (nSPS) is 13.2. The van der Waals surface area contributed by atoms with Crippen LogP contribution in [0.25, 0.3) is 0 Å². The Morgan fingerprint density at radius 2 is 1.08 bits per heavy atom. The number of primary amides is 3. The molecule has 148 valence electrons. The fourth-order valence-electron chi connectivity index (χ4n) is 1.29. The molecule has 0 radical (unpaired) electrons. The third kappa shape index (κ3) is 13.2. The number of rotatable bonds is 10. The largest absolute Gasteiger partial charge is 0.480 e. The molecule has 0 aliphatic rings. The van der Waals surface area contributed by atoms with Crippen LogP contribution in [0.1, 0.15) is 19.3 Å². The number of hydrogen-bond acceptors (Lipinski definition) is 8. The van der Waals surface area contributed by atoms with E-state index in [1.165, 1.54) is 0 Å². The maximum Gasteiger partial charge on any atom is 0.326 e. The van der Waals surface area contributed by atoms with Crippen LogP contribution >= 0.6 is 0 Å². The average molecular weight is 378 g/mol. The second kappa shape index (κ2) is 12.2. The molecule has 0 rings (SSSR count). The molecule has 0 heterocycles. The maximum absolute atomic E-state index is 11.3. The number of aliphatic carboxylic acids is 2. The molecule has 13 N–H and O–H groups in total. The smallest absolute Gasteiger partial charge is 0.326 e. The van der Waals surface area contributed by atoms with Gasteiger partial charge in [-0.1, -0.05) is 0 Å². The van der Waals surface area contributed by atoms with Gasteiger partial charge in [-0.3, -0.25) is 24.0 Å². The second-order valence-corrected chi connectivity index (χ2v) is 4.96. The van der Waals surface area contributed by atoms with E-state index in [1.807, 2.05) is 5.32 Å². The Morgan fingerprint density at radius 3 is 1.35 bits per heavy atom. The lowest BCUT2D eigenvalue weighted by molar-refractivity contribution is -0.143. The first-order valence-electron chi connectivity index (χ1n) is 6.89. The van der Waals surface area contributed by atoms with Crippen molar-refractivity contribution >= 4 is 35.6 Å². The minimum Gasteiger partial charge on any atom is -0.480 e. The van der Waals surface area contributed by atoms with Crippen molar-refractivity contribution in [1.82, 2.24) is 5.32 Å². The molecule has 0 aliphatic carbocycles. The van der Waals surface area contributed by atoms with E-state index in [2.05, 4.69) is 5.73 Å². The summed E-state index contributed by atoms with van der Waals surface area (Å²) in [5.74, 6) is -5.92. The number of hydrogen-bond donors (Lipinski definition) is 8. The molecule has 0 aromatic rings. The van der Waals surface area contributed by atoms with Gasteiger partial charge in [0.25, 0.3) is 0 Å². The summed E-state index contributed by atoms with van der Waals surface area (Å²) >= 11 is 0. The number of carboxylic acid groups (broad SMARTS) is 2. The highest BCUT2D eigenvalue weighted by Gasteiger charge is 2.25. The summed E-state index contributed by atoms with van der Waals surface area (Å²) < 4.78 is 0. The van der Waals surface area contributed by atoms with Gasteiger partial charge in [-0.15, -0.1) is 0 Å². The fraction of sp³-hybridized carbons (Fsp3) is 0.500. The minimum atomic E-state index is -1.47. The Kier molecular flexibility index (Phi) is 11.7. The van der Waals surface area contributed by atoms with Crippen LogP contribution in [0.3, 0.4) is 0 Å². The summed E-state index contributed by atoms with van der Waals surface area (Å²) in [5.41, 5.74) is 24.5. The summed E-state index contributed by atoms with van der Waals surface area (Å²) in [4.78, 5) is 62.9. The quantitative estimate of drug-likeness (QED) is 0.179. The van der Waals surface area contributed by atoms with E-state index in [-0.39, 0.29) is 6.42 Å². The van der Waals surface area contributed by atoms with Gasteiger partial charge in [-0.25, -0.2) is 4.79 Å². The first-order valence-corrected chi connectivity index (χ1v) is 6.89. The van der Waals surface area contributed by atoms with Gasteiger partial charge < -0.3 is 44.2 Å². The minimum absolute atomic E-state index is 0.310. The second-order valence-electron chi connectivity index (χ2n) is 4.96. The zero-order valence-electron chi connectivity index (χ0n) is 13.6. The molecule has 0 saturated heterocycles. The molecular weight excluding hydrogens is 356 g/mol. The molecule has 0 unspecified atom stereocenters. The van der Waals surface area contributed by atoms with Crippen LogP contribution in [0, 0.1) is 0 Å². The van der Waals surface area contributed by atoms with E-state index in [0.717, 1.165) is 0 Å². The molecule has 0 aromatic heterocycles. The molecule has 0 aromatic carbocycles. The summed E-state index contributed by atoms with van der Waals surface area (Å²) in [7, 11) is 0. The van der Waals surface area contributed by atoms with Crippen molar-refractivity contribution in [2.24, 2.45) is 28.7 Å². The van der Waals surface area contributed by atoms with E-state index in [0.29, 0.717) is 0 Å². The number of amides is 4. The van der Waals surface area contributed by atoms with Crippen molar-refractivity contribution in [2.45, 2.75) is 37.4 Å². The summed E-state index contributed by atoms with van der Waals surface area (Å²) in [6.45, 7) is 0. The highest BCUT2D eigenvalue weighted by atomic mass is 16.4. The third-order valence-electron chi connectivity index (χ3n) is 2.52. The highest BCUT2D eigenvalue weighted by Crippen LogP contribution is 1.95. The number of carbonyl (C=O) groups is 6. The van der Waals surface area contributed by atoms with Crippen molar-refractivity contribution in [3.63, 3.8) is 0 Å². The van der Waals surface area contributed by atoms with E-state index >= 15 is 0 Å². The third-order valence-corrected chi connectivity index (χ3v) is 2.52. The lowest BCUT2D eigenvalue weighted by Crippen LogP contribution is -2.50. The molecule has 3 atom stereocenters. The van der Waals surface area contributed by atoms with Gasteiger partial charge >= 0.3 is 11.9 Å². The van der Waals surface area contributed by atoms with Crippen molar-refractivity contribution < 1.29 is 39.0 Å².